The first-order valence-corrected chi connectivity index (χ1v) is 5.66. The Bertz CT molecular complexity index is 488. The van der Waals surface area contributed by atoms with Crippen LogP contribution in [0.1, 0.15) is 17.7 Å². The number of hydrogen-bond donors (Lipinski definition) is 0. The maximum atomic E-state index is 12.6. The lowest BCUT2D eigenvalue weighted by Crippen LogP contribution is -2.05. The molecule has 0 saturated heterocycles. The summed E-state index contributed by atoms with van der Waals surface area (Å²) in [4.78, 5) is 11.4. The van der Waals surface area contributed by atoms with Gasteiger partial charge in [-0.3, -0.25) is 4.79 Å². The lowest BCUT2D eigenvalue weighted by Gasteiger charge is -2.04. The topological polar surface area (TPSA) is 39.4 Å². The van der Waals surface area contributed by atoms with E-state index in [1.165, 1.54) is 12.1 Å². The van der Waals surface area contributed by atoms with Crippen molar-refractivity contribution in [2.75, 3.05) is 0 Å². The Kier molecular flexibility index (Phi) is 4.12. The number of ether oxygens (including phenoxy) is 1. The fourth-order valence-corrected chi connectivity index (χ4v) is 1.50. The van der Waals surface area contributed by atoms with Gasteiger partial charge in [-0.1, -0.05) is 12.1 Å². The van der Waals surface area contributed by atoms with E-state index in [-0.39, 0.29) is 24.8 Å². The largest absolute Gasteiger partial charge is 0.469 e. The second kappa shape index (κ2) is 6.00. The third kappa shape index (κ3) is 3.73. The third-order valence-corrected chi connectivity index (χ3v) is 2.47. The SMILES string of the molecule is O=C(CCc1ccco1)OCc1ccc(F)cc1. The van der Waals surface area contributed by atoms with Crippen molar-refractivity contribution in [2.24, 2.45) is 0 Å². The molecular weight excluding hydrogens is 235 g/mol. The van der Waals surface area contributed by atoms with Crippen LogP contribution < -0.4 is 0 Å². The van der Waals surface area contributed by atoms with Crippen molar-refractivity contribution in [2.45, 2.75) is 19.4 Å². The van der Waals surface area contributed by atoms with E-state index in [9.17, 15) is 9.18 Å². The van der Waals surface area contributed by atoms with E-state index in [0.29, 0.717) is 6.42 Å². The number of benzene rings is 1. The second-order valence-corrected chi connectivity index (χ2v) is 3.87. The number of carbonyl (C=O) groups excluding carboxylic acids is 1. The predicted octanol–water partition coefficient (Wildman–Crippen LogP) is 3.09. The minimum absolute atomic E-state index is 0.164. The predicted molar refractivity (Wildman–Crippen MR) is 63.2 cm³/mol. The van der Waals surface area contributed by atoms with Crippen LogP contribution in [0.15, 0.2) is 47.1 Å². The van der Waals surface area contributed by atoms with Gasteiger partial charge in [0.05, 0.1) is 12.7 Å². The maximum absolute atomic E-state index is 12.6. The molecule has 2 rings (SSSR count). The Labute approximate surface area is 104 Å². The summed E-state index contributed by atoms with van der Waals surface area (Å²) in [5, 5.41) is 0. The highest BCUT2D eigenvalue weighted by molar-refractivity contribution is 5.69. The van der Waals surface area contributed by atoms with Crippen LogP contribution in [-0.2, 0) is 22.6 Å². The first kappa shape index (κ1) is 12.4. The van der Waals surface area contributed by atoms with Crippen LogP contribution in [0.5, 0.6) is 0 Å². The van der Waals surface area contributed by atoms with Crippen molar-refractivity contribution in [3.8, 4) is 0 Å². The van der Waals surface area contributed by atoms with E-state index in [2.05, 4.69) is 0 Å². The summed E-state index contributed by atoms with van der Waals surface area (Å²) in [6, 6.07) is 9.45. The Morgan fingerprint density at radius 1 is 1.22 bits per heavy atom. The molecule has 0 saturated carbocycles. The number of hydrogen-bond acceptors (Lipinski definition) is 3. The molecule has 0 radical (unpaired) electrons. The highest BCUT2D eigenvalue weighted by Crippen LogP contribution is 2.07. The van der Waals surface area contributed by atoms with E-state index < -0.39 is 0 Å². The van der Waals surface area contributed by atoms with Crippen LogP contribution in [0.25, 0.3) is 0 Å². The maximum Gasteiger partial charge on any atom is 0.306 e. The van der Waals surface area contributed by atoms with Gasteiger partial charge in [0, 0.05) is 6.42 Å². The molecule has 94 valence electrons. The molecule has 0 aliphatic carbocycles. The fourth-order valence-electron chi connectivity index (χ4n) is 1.50. The molecule has 0 aliphatic heterocycles. The Balaban J connectivity index is 1.73. The highest BCUT2D eigenvalue weighted by Gasteiger charge is 2.05. The van der Waals surface area contributed by atoms with Crippen molar-refractivity contribution in [3.63, 3.8) is 0 Å². The van der Waals surface area contributed by atoms with E-state index in [0.717, 1.165) is 11.3 Å². The number of esters is 1. The van der Waals surface area contributed by atoms with Crippen LogP contribution in [0.3, 0.4) is 0 Å². The van der Waals surface area contributed by atoms with Crippen molar-refractivity contribution in [1.29, 1.82) is 0 Å². The van der Waals surface area contributed by atoms with E-state index in [1.807, 2.05) is 6.07 Å². The summed E-state index contributed by atoms with van der Waals surface area (Å²) in [5.74, 6) is 0.160. The Hall–Kier alpha value is -2.10. The van der Waals surface area contributed by atoms with Crippen molar-refractivity contribution < 1.29 is 18.3 Å². The quantitative estimate of drug-likeness (QED) is 0.763. The summed E-state index contributed by atoms with van der Waals surface area (Å²) in [5.41, 5.74) is 0.766. The molecule has 1 aromatic carbocycles. The Morgan fingerprint density at radius 3 is 2.67 bits per heavy atom. The monoisotopic (exact) mass is 248 g/mol. The molecule has 1 heterocycles. The highest BCUT2D eigenvalue weighted by atomic mass is 19.1. The standard InChI is InChI=1S/C14H13FO3/c15-12-5-3-11(4-6-12)10-18-14(16)8-7-13-2-1-9-17-13/h1-6,9H,7-8,10H2. The van der Waals surface area contributed by atoms with Crippen LogP contribution in [0, 0.1) is 5.82 Å². The van der Waals surface area contributed by atoms with Gasteiger partial charge < -0.3 is 9.15 Å². The molecule has 1 aromatic heterocycles. The molecule has 3 nitrogen and oxygen atoms in total. The zero-order chi connectivity index (χ0) is 12.8. The first-order chi connectivity index (χ1) is 8.74. The zero-order valence-corrected chi connectivity index (χ0v) is 9.77. The minimum Gasteiger partial charge on any atom is -0.469 e. The molecule has 0 fully saturated rings. The van der Waals surface area contributed by atoms with E-state index >= 15 is 0 Å². The molecule has 2 aromatic rings. The average molecular weight is 248 g/mol. The zero-order valence-electron chi connectivity index (χ0n) is 9.77. The van der Waals surface area contributed by atoms with Gasteiger partial charge in [0.1, 0.15) is 18.2 Å². The molecule has 0 bridgehead atoms. The molecule has 0 spiro atoms. The third-order valence-electron chi connectivity index (χ3n) is 2.47. The second-order valence-electron chi connectivity index (χ2n) is 3.87. The fraction of sp³-hybridized carbons (Fsp3) is 0.214. The van der Waals surface area contributed by atoms with Crippen molar-refractivity contribution in [3.05, 3.63) is 59.8 Å². The normalized spacial score (nSPS) is 10.3. The van der Waals surface area contributed by atoms with Crippen molar-refractivity contribution >= 4 is 5.97 Å². The molecule has 0 amide bonds. The van der Waals surface area contributed by atoms with Gasteiger partial charge in [0.15, 0.2) is 0 Å². The Morgan fingerprint density at radius 2 is 2.00 bits per heavy atom. The first-order valence-electron chi connectivity index (χ1n) is 5.66. The van der Waals surface area contributed by atoms with Gasteiger partial charge in [-0.25, -0.2) is 4.39 Å². The number of halogens is 1. The summed E-state index contributed by atoms with van der Waals surface area (Å²) >= 11 is 0. The average Bonchev–Trinajstić information content (AvgIpc) is 2.89. The summed E-state index contributed by atoms with van der Waals surface area (Å²) in [6.07, 6.45) is 2.36. The van der Waals surface area contributed by atoms with Gasteiger partial charge in [0.25, 0.3) is 0 Å². The van der Waals surface area contributed by atoms with Crippen molar-refractivity contribution in [1.82, 2.24) is 0 Å². The molecule has 0 unspecified atom stereocenters. The van der Waals surface area contributed by atoms with Crippen LogP contribution in [0.2, 0.25) is 0 Å². The summed E-state index contributed by atoms with van der Waals surface area (Å²) < 4.78 is 22.8. The molecule has 0 aliphatic rings. The molecule has 18 heavy (non-hydrogen) atoms. The number of aryl methyl sites for hydroxylation is 1. The van der Waals surface area contributed by atoms with Gasteiger partial charge in [0.2, 0.25) is 0 Å². The van der Waals surface area contributed by atoms with Gasteiger partial charge in [-0.2, -0.15) is 0 Å². The van der Waals surface area contributed by atoms with Crippen LogP contribution >= 0.6 is 0 Å². The number of furan rings is 1. The molecule has 4 heteroatoms. The van der Waals surface area contributed by atoms with E-state index in [4.69, 9.17) is 9.15 Å². The van der Waals surface area contributed by atoms with Gasteiger partial charge in [-0.05, 0) is 29.8 Å². The minimum atomic E-state index is -0.303. The number of rotatable bonds is 5. The summed E-state index contributed by atoms with van der Waals surface area (Å²) in [6.45, 7) is 0.164. The van der Waals surface area contributed by atoms with Gasteiger partial charge in [-0.15, -0.1) is 0 Å². The molecule has 0 N–H and O–H groups in total. The van der Waals surface area contributed by atoms with Crippen LogP contribution in [-0.4, -0.2) is 5.97 Å². The van der Waals surface area contributed by atoms with Crippen LogP contribution in [0.4, 0.5) is 4.39 Å². The molecule has 0 atom stereocenters. The molecular formula is C14H13FO3. The van der Waals surface area contributed by atoms with E-state index in [1.54, 1.807) is 24.5 Å². The lowest BCUT2D eigenvalue weighted by molar-refractivity contribution is -0.145. The number of carbonyl (C=O) groups is 1. The lowest BCUT2D eigenvalue weighted by atomic mass is 10.2. The van der Waals surface area contributed by atoms with Gasteiger partial charge >= 0.3 is 5.97 Å². The summed E-state index contributed by atoms with van der Waals surface area (Å²) in [7, 11) is 0. The smallest absolute Gasteiger partial charge is 0.306 e.